The first-order chi connectivity index (χ1) is 9.08. The zero-order valence-electron chi connectivity index (χ0n) is 10.9. The second-order valence-electron chi connectivity index (χ2n) is 4.68. The van der Waals surface area contributed by atoms with Gasteiger partial charge in [-0.15, -0.1) is 0 Å². The summed E-state index contributed by atoms with van der Waals surface area (Å²) in [6.07, 6.45) is 1.22. The van der Waals surface area contributed by atoms with Crippen LogP contribution in [0.15, 0.2) is 42.6 Å². The molecule has 0 aliphatic heterocycles. The molecule has 1 unspecified atom stereocenters. The third kappa shape index (κ3) is 3.52. The highest BCUT2D eigenvalue weighted by Gasteiger charge is 2.18. The zero-order chi connectivity index (χ0) is 13.8. The molecular formula is C15H16ClFN2. The Kier molecular flexibility index (Phi) is 4.51. The van der Waals surface area contributed by atoms with E-state index in [0.29, 0.717) is 5.02 Å². The van der Waals surface area contributed by atoms with Crippen LogP contribution in [0.1, 0.15) is 31.1 Å². The number of benzene rings is 1. The predicted molar refractivity (Wildman–Crippen MR) is 75.8 cm³/mol. The number of aromatic nitrogens is 1. The Morgan fingerprint density at radius 1 is 1.16 bits per heavy atom. The van der Waals surface area contributed by atoms with Crippen molar-refractivity contribution in [3.63, 3.8) is 0 Å². The lowest BCUT2D eigenvalue weighted by atomic mass is 10.0. The molecule has 0 fully saturated rings. The van der Waals surface area contributed by atoms with Crippen molar-refractivity contribution in [2.45, 2.75) is 25.9 Å². The molecule has 4 heteroatoms. The van der Waals surface area contributed by atoms with Gasteiger partial charge in [0, 0.05) is 11.1 Å². The fraction of sp³-hybridized carbons (Fsp3) is 0.267. The molecule has 0 saturated heterocycles. The fourth-order valence-corrected chi connectivity index (χ4v) is 2.18. The van der Waals surface area contributed by atoms with Crippen LogP contribution in [0.3, 0.4) is 0 Å². The number of halogens is 2. The van der Waals surface area contributed by atoms with Gasteiger partial charge < -0.3 is 5.32 Å². The van der Waals surface area contributed by atoms with Gasteiger partial charge in [-0.05, 0) is 37.6 Å². The number of nitrogens with one attached hydrogen (secondary N) is 1. The van der Waals surface area contributed by atoms with E-state index in [2.05, 4.69) is 10.3 Å². The molecule has 2 aromatic rings. The molecule has 0 aliphatic rings. The van der Waals surface area contributed by atoms with Crippen molar-refractivity contribution in [3.05, 3.63) is 64.7 Å². The Labute approximate surface area is 117 Å². The van der Waals surface area contributed by atoms with Gasteiger partial charge in [0.15, 0.2) is 0 Å². The smallest absolute Gasteiger partial charge is 0.141 e. The first-order valence-electron chi connectivity index (χ1n) is 6.20. The molecule has 2 rings (SSSR count). The minimum atomic E-state index is -0.341. The number of pyridine rings is 1. The van der Waals surface area contributed by atoms with Crippen LogP contribution in [0.4, 0.5) is 4.39 Å². The van der Waals surface area contributed by atoms with Crippen molar-refractivity contribution in [3.8, 4) is 0 Å². The van der Waals surface area contributed by atoms with Gasteiger partial charge in [-0.2, -0.15) is 0 Å². The summed E-state index contributed by atoms with van der Waals surface area (Å²) in [4.78, 5) is 4.15. The molecule has 2 nitrogen and oxygen atoms in total. The maximum Gasteiger partial charge on any atom is 0.141 e. The fourth-order valence-electron chi connectivity index (χ4n) is 1.94. The van der Waals surface area contributed by atoms with Crippen molar-refractivity contribution in [1.82, 2.24) is 10.3 Å². The standard InChI is InChI=1S/C15H16ClFN2/c1-10(2)19-15(12-5-3-4-6-13(12)16)14-8-7-11(17)9-18-14/h3-10,15,19H,1-2H3. The topological polar surface area (TPSA) is 24.9 Å². The number of nitrogens with zero attached hydrogens (tertiary/aromatic N) is 1. The van der Waals surface area contributed by atoms with E-state index in [1.165, 1.54) is 12.3 Å². The van der Waals surface area contributed by atoms with E-state index in [0.717, 1.165) is 11.3 Å². The van der Waals surface area contributed by atoms with Gasteiger partial charge in [0.25, 0.3) is 0 Å². The third-order valence-corrected chi connectivity index (χ3v) is 3.11. The van der Waals surface area contributed by atoms with Crippen LogP contribution >= 0.6 is 11.6 Å². The quantitative estimate of drug-likeness (QED) is 0.916. The highest BCUT2D eigenvalue weighted by Crippen LogP contribution is 2.27. The molecule has 1 atom stereocenters. The molecule has 0 saturated carbocycles. The van der Waals surface area contributed by atoms with Crippen LogP contribution in [-0.4, -0.2) is 11.0 Å². The molecule has 0 bridgehead atoms. The van der Waals surface area contributed by atoms with E-state index in [-0.39, 0.29) is 17.9 Å². The summed E-state index contributed by atoms with van der Waals surface area (Å²) in [7, 11) is 0. The van der Waals surface area contributed by atoms with Crippen LogP contribution in [0.2, 0.25) is 5.02 Å². The minimum Gasteiger partial charge on any atom is -0.303 e. The average Bonchev–Trinajstić information content (AvgIpc) is 2.38. The molecular weight excluding hydrogens is 263 g/mol. The summed E-state index contributed by atoms with van der Waals surface area (Å²) in [5.74, 6) is -0.341. The van der Waals surface area contributed by atoms with Crippen LogP contribution < -0.4 is 5.32 Å². The van der Waals surface area contributed by atoms with Crippen molar-refractivity contribution in [1.29, 1.82) is 0 Å². The lowest BCUT2D eigenvalue weighted by molar-refractivity contribution is 0.517. The number of hydrogen-bond acceptors (Lipinski definition) is 2. The normalized spacial score (nSPS) is 12.7. The lowest BCUT2D eigenvalue weighted by Gasteiger charge is -2.22. The van der Waals surface area contributed by atoms with E-state index >= 15 is 0 Å². The third-order valence-electron chi connectivity index (χ3n) is 2.76. The largest absolute Gasteiger partial charge is 0.303 e. The average molecular weight is 279 g/mol. The summed E-state index contributed by atoms with van der Waals surface area (Å²) >= 11 is 6.24. The molecule has 1 N–H and O–H groups in total. The molecule has 1 heterocycles. The Balaban J connectivity index is 2.41. The second-order valence-corrected chi connectivity index (χ2v) is 5.08. The lowest BCUT2D eigenvalue weighted by Crippen LogP contribution is -2.29. The maximum absolute atomic E-state index is 13.0. The SMILES string of the molecule is CC(C)NC(c1ccc(F)cn1)c1ccccc1Cl. The van der Waals surface area contributed by atoms with E-state index in [1.807, 2.05) is 38.1 Å². The van der Waals surface area contributed by atoms with Crippen LogP contribution in [0.5, 0.6) is 0 Å². The van der Waals surface area contributed by atoms with E-state index < -0.39 is 0 Å². The first kappa shape index (κ1) is 14.0. The molecule has 0 amide bonds. The molecule has 19 heavy (non-hydrogen) atoms. The second kappa shape index (κ2) is 6.13. The number of hydrogen-bond donors (Lipinski definition) is 1. The minimum absolute atomic E-state index is 0.144. The molecule has 0 radical (unpaired) electrons. The molecule has 1 aromatic heterocycles. The summed E-state index contributed by atoms with van der Waals surface area (Å²) in [5, 5.41) is 4.08. The summed E-state index contributed by atoms with van der Waals surface area (Å²) in [6.45, 7) is 4.10. The van der Waals surface area contributed by atoms with Crippen LogP contribution in [0.25, 0.3) is 0 Å². The Morgan fingerprint density at radius 2 is 1.89 bits per heavy atom. The van der Waals surface area contributed by atoms with E-state index in [1.54, 1.807) is 6.07 Å². The van der Waals surface area contributed by atoms with Gasteiger partial charge in [0.1, 0.15) is 5.82 Å². The van der Waals surface area contributed by atoms with Gasteiger partial charge in [0.2, 0.25) is 0 Å². The highest BCUT2D eigenvalue weighted by molar-refractivity contribution is 6.31. The van der Waals surface area contributed by atoms with Gasteiger partial charge in [-0.3, -0.25) is 4.98 Å². The van der Waals surface area contributed by atoms with Gasteiger partial charge in [-0.1, -0.05) is 29.8 Å². The van der Waals surface area contributed by atoms with Crippen molar-refractivity contribution in [2.24, 2.45) is 0 Å². The van der Waals surface area contributed by atoms with Gasteiger partial charge >= 0.3 is 0 Å². The van der Waals surface area contributed by atoms with E-state index in [4.69, 9.17) is 11.6 Å². The highest BCUT2D eigenvalue weighted by atomic mass is 35.5. The monoisotopic (exact) mass is 278 g/mol. The van der Waals surface area contributed by atoms with Crippen LogP contribution in [-0.2, 0) is 0 Å². The Bertz CT molecular complexity index is 540. The van der Waals surface area contributed by atoms with Gasteiger partial charge in [-0.25, -0.2) is 4.39 Å². The zero-order valence-corrected chi connectivity index (χ0v) is 11.7. The first-order valence-corrected chi connectivity index (χ1v) is 6.57. The summed E-state index contributed by atoms with van der Waals surface area (Å²) < 4.78 is 13.0. The van der Waals surface area contributed by atoms with Crippen LogP contribution in [0, 0.1) is 5.82 Å². The summed E-state index contributed by atoms with van der Waals surface area (Å²) in [5.41, 5.74) is 1.69. The van der Waals surface area contributed by atoms with Crippen molar-refractivity contribution >= 4 is 11.6 Å². The molecule has 0 spiro atoms. The molecule has 1 aromatic carbocycles. The molecule has 100 valence electrons. The van der Waals surface area contributed by atoms with Crippen molar-refractivity contribution in [2.75, 3.05) is 0 Å². The molecule has 0 aliphatic carbocycles. The summed E-state index contributed by atoms with van der Waals surface area (Å²) in [6, 6.07) is 10.8. The number of rotatable bonds is 4. The Hall–Kier alpha value is -1.45. The predicted octanol–water partition coefficient (Wildman–Crippen LogP) is 3.96. The van der Waals surface area contributed by atoms with E-state index in [9.17, 15) is 4.39 Å². The Morgan fingerprint density at radius 3 is 2.47 bits per heavy atom. The van der Waals surface area contributed by atoms with Crippen molar-refractivity contribution < 1.29 is 4.39 Å². The van der Waals surface area contributed by atoms with Gasteiger partial charge in [0.05, 0.1) is 17.9 Å². The maximum atomic E-state index is 13.0.